The number of para-hydroxylation sites is 2. The second-order valence-electron chi connectivity index (χ2n) is 6.07. The van der Waals surface area contributed by atoms with E-state index in [0.717, 1.165) is 17.4 Å². The Morgan fingerprint density at radius 1 is 0.750 bits per heavy atom. The van der Waals surface area contributed by atoms with E-state index in [4.69, 9.17) is 9.47 Å². The molecule has 140 valence electrons. The normalized spacial score (nSPS) is 10.1. The molecule has 3 aromatic rings. The highest BCUT2D eigenvalue weighted by Gasteiger charge is 2.15. The van der Waals surface area contributed by atoms with Crippen LogP contribution in [0.25, 0.3) is 0 Å². The summed E-state index contributed by atoms with van der Waals surface area (Å²) in [6.45, 7) is 7.54. The number of allylic oxidation sites excluding steroid dienone is 2. The Labute approximate surface area is 164 Å². The minimum absolute atomic E-state index is 0.303. The second kappa shape index (κ2) is 9.33. The zero-order valence-corrected chi connectivity index (χ0v) is 15.5. The number of carbonyl (C=O) groups excluding carboxylic acids is 1. The van der Waals surface area contributed by atoms with Gasteiger partial charge in [0.15, 0.2) is 17.8 Å². The molecule has 0 radical (unpaired) electrons. The maximum Gasteiger partial charge on any atom is 0.160 e. The number of hydrogen-bond donors (Lipinski definition) is 0. The van der Waals surface area contributed by atoms with Gasteiger partial charge < -0.3 is 9.47 Å². The third kappa shape index (κ3) is 4.35. The molecule has 0 saturated carbocycles. The summed E-state index contributed by atoms with van der Waals surface area (Å²) in [5, 5.41) is 0. The molecule has 0 atom stereocenters. The molecule has 4 heteroatoms. The van der Waals surface area contributed by atoms with Crippen molar-refractivity contribution in [2.45, 2.75) is 12.8 Å². The summed E-state index contributed by atoms with van der Waals surface area (Å²) in [6.07, 6.45) is 8.66. The average Bonchev–Trinajstić information content (AvgIpc) is 2.71. The fourth-order valence-electron chi connectivity index (χ4n) is 2.80. The Bertz CT molecular complexity index is 921. The Kier molecular flexibility index (Phi) is 6.37. The lowest BCUT2D eigenvalue weighted by molar-refractivity contribution is 0.111. The molecule has 4 nitrogen and oxygen atoms in total. The van der Waals surface area contributed by atoms with E-state index >= 15 is 0 Å². The molecule has 0 spiro atoms. The van der Waals surface area contributed by atoms with Gasteiger partial charge in [-0.05, 0) is 36.1 Å². The van der Waals surface area contributed by atoms with Crippen molar-refractivity contribution in [2.24, 2.45) is 0 Å². The molecular formula is C24H21NO3. The molecule has 3 rings (SSSR count). The summed E-state index contributed by atoms with van der Waals surface area (Å²) < 4.78 is 12.0. The molecular weight excluding hydrogens is 350 g/mol. The van der Waals surface area contributed by atoms with Gasteiger partial charge in [-0.1, -0.05) is 48.6 Å². The number of carbonyl (C=O) groups is 1. The van der Waals surface area contributed by atoms with E-state index in [1.807, 2.05) is 48.5 Å². The van der Waals surface area contributed by atoms with Gasteiger partial charge in [0.2, 0.25) is 0 Å². The first-order chi connectivity index (χ1) is 13.8. The molecule has 2 aromatic carbocycles. The van der Waals surface area contributed by atoms with Crippen molar-refractivity contribution in [2.75, 3.05) is 0 Å². The smallest absolute Gasteiger partial charge is 0.160 e. The van der Waals surface area contributed by atoms with Gasteiger partial charge in [0.25, 0.3) is 0 Å². The monoisotopic (exact) mass is 371 g/mol. The first-order valence-corrected chi connectivity index (χ1v) is 8.93. The number of aromatic nitrogens is 1. The fourth-order valence-corrected chi connectivity index (χ4v) is 2.80. The number of aldehydes is 1. The standard InChI is InChI=1S/C24H21NO3/c1-3-9-18-11-5-7-13-21(18)27-23-15-25-16-24(20(23)17-26)28-22-14-8-6-12-19(22)10-4-2/h3-8,11-17H,1-2,9-10H2. The van der Waals surface area contributed by atoms with Gasteiger partial charge in [0.1, 0.15) is 17.1 Å². The van der Waals surface area contributed by atoms with Crippen LogP contribution >= 0.6 is 0 Å². The molecule has 0 aliphatic rings. The SMILES string of the molecule is C=CCc1ccccc1Oc1cncc(Oc2ccccc2CC=C)c1C=O. The topological polar surface area (TPSA) is 48.4 Å². The third-order valence-corrected chi connectivity index (χ3v) is 4.15. The Morgan fingerprint density at radius 2 is 1.21 bits per heavy atom. The molecule has 0 fully saturated rings. The van der Waals surface area contributed by atoms with Crippen LogP contribution in [0.3, 0.4) is 0 Å². The van der Waals surface area contributed by atoms with Gasteiger partial charge in [-0.2, -0.15) is 0 Å². The average molecular weight is 371 g/mol. The molecule has 1 heterocycles. The van der Waals surface area contributed by atoms with Gasteiger partial charge in [-0.15, -0.1) is 13.2 Å². The van der Waals surface area contributed by atoms with Crippen molar-refractivity contribution in [3.05, 3.63) is 103 Å². The van der Waals surface area contributed by atoms with Crippen molar-refractivity contribution in [1.29, 1.82) is 0 Å². The van der Waals surface area contributed by atoms with Crippen LogP contribution in [-0.2, 0) is 12.8 Å². The fraction of sp³-hybridized carbons (Fsp3) is 0.0833. The van der Waals surface area contributed by atoms with Crippen molar-refractivity contribution >= 4 is 6.29 Å². The predicted octanol–water partition coefficient (Wildman–Crippen LogP) is 5.94. The predicted molar refractivity (Wildman–Crippen MR) is 110 cm³/mol. The van der Waals surface area contributed by atoms with Crippen molar-refractivity contribution in [1.82, 2.24) is 4.98 Å². The van der Waals surface area contributed by atoms with Crippen LogP contribution in [-0.4, -0.2) is 11.3 Å². The Balaban J connectivity index is 1.95. The van der Waals surface area contributed by atoms with E-state index in [9.17, 15) is 4.79 Å². The number of pyridine rings is 1. The number of nitrogens with zero attached hydrogens (tertiary/aromatic N) is 1. The van der Waals surface area contributed by atoms with Gasteiger partial charge in [0, 0.05) is 0 Å². The van der Waals surface area contributed by atoms with Gasteiger partial charge >= 0.3 is 0 Å². The minimum Gasteiger partial charge on any atom is -0.455 e. The maximum atomic E-state index is 11.8. The van der Waals surface area contributed by atoms with Crippen LogP contribution in [0.15, 0.2) is 86.2 Å². The van der Waals surface area contributed by atoms with Crippen molar-refractivity contribution in [3.63, 3.8) is 0 Å². The van der Waals surface area contributed by atoms with Crippen LogP contribution < -0.4 is 9.47 Å². The lowest BCUT2D eigenvalue weighted by atomic mass is 10.1. The number of rotatable bonds is 9. The second-order valence-corrected chi connectivity index (χ2v) is 6.07. The molecule has 0 aliphatic heterocycles. The molecule has 0 bridgehead atoms. The summed E-state index contributed by atoms with van der Waals surface area (Å²) in [5.74, 6) is 1.98. The minimum atomic E-state index is 0.303. The van der Waals surface area contributed by atoms with E-state index in [1.165, 1.54) is 12.4 Å². The summed E-state index contributed by atoms with van der Waals surface area (Å²) in [6, 6.07) is 15.2. The molecule has 1 aromatic heterocycles. The first-order valence-electron chi connectivity index (χ1n) is 8.93. The van der Waals surface area contributed by atoms with Crippen LogP contribution in [0.5, 0.6) is 23.0 Å². The number of ether oxygens (including phenoxy) is 2. The van der Waals surface area contributed by atoms with Crippen LogP contribution in [0.4, 0.5) is 0 Å². The third-order valence-electron chi connectivity index (χ3n) is 4.15. The summed E-state index contributed by atoms with van der Waals surface area (Å²) in [4.78, 5) is 16.0. The van der Waals surface area contributed by atoms with Crippen LogP contribution in [0.1, 0.15) is 21.5 Å². The van der Waals surface area contributed by atoms with Gasteiger partial charge in [-0.25, -0.2) is 0 Å². The van der Waals surface area contributed by atoms with E-state index in [-0.39, 0.29) is 0 Å². The summed E-state index contributed by atoms with van der Waals surface area (Å²) in [5.41, 5.74) is 2.24. The lowest BCUT2D eigenvalue weighted by Crippen LogP contribution is -1.99. The van der Waals surface area contributed by atoms with Gasteiger partial charge in [0.05, 0.1) is 12.4 Å². The Morgan fingerprint density at radius 3 is 1.64 bits per heavy atom. The highest BCUT2D eigenvalue weighted by molar-refractivity contribution is 5.83. The van der Waals surface area contributed by atoms with E-state index < -0.39 is 0 Å². The Hall–Kier alpha value is -3.66. The zero-order chi connectivity index (χ0) is 19.8. The van der Waals surface area contributed by atoms with Crippen LogP contribution in [0, 0.1) is 0 Å². The van der Waals surface area contributed by atoms with E-state index in [2.05, 4.69) is 18.1 Å². The lowest BCUT2D eigenvalue weighted by Gasteiger charge is -2.15. The number of hydrogen-bond acceptors (Lipinski definition) is 4. The van der Waals surface area contributed by atoms with E-state index in [0.29, 0.717) is 41.4 Å². The van der Waals surface area contributed by atoms with E-state index in [1.54, 1.807) is 12.2 Å². The van der Waals surface area contributed by atoms with Crippen molar-refractivity contribution in [3.8, 4) is 23.0 Å². The quantitative estimate of drug-likeness (QED) is 0.345. The largest absolute Gasteiger partial charge is 0.455 e. The molecule has 0 N–H and O–H groups in total. The molecule has 0 amide bonds. The highest BCUT2D eigenvalue weighted by Crippen LogP contribution is 2.34. The van der Waals surface area contributed by atoms with Crippen molar-refractivity contribution < 1.29 is 14.3 Å². The molecule has 28 heavy (non-hydrogen) atoms. The summed E-state index contributed by atoms with van der Waals surface area (Å²) >= 11 is 0. The number of benzene rings is 2. The molecule has 0 unspecified atom stereocenters. The summed E-state index contributed by atoms with van der Waals surface area (Å²) in [7, 11) is 0. The zero-order valence-electron chi connectivity index (χ0n) is 15.5. The molecule has 0 aliphatic carbocycles. The first kappa shape index (κ1) is 19.1. The maximum absolute atomic E-state index is 11.8. The van der Waals surface area contributed by atoms with Gasteiger partial charge in [-0.3, -0.25) is 9.78 Å². The van der Waals surface area contributed by atoms with Crippen LogP contribution in [0.2, 0.25) is 0 Å². The highest BCUT2D eigenvalue weighted by atomic mass is 16.5. The molecule has 0 saturated heterocycles.